The van der Waals surface area contributed by atoms with Gasteiger partial charge in [0.05, 0.1) is 10.2 Å². The Hall–Kier alpha value is -1.01. The number of nitrogens with zero attached hydrogens (tertiary/aromatic N) is 1. The fourth-order valence-corrected chi connectivity index (χ4v) is 1.35. The molecule has 0 amide bonds. The Morgan fingerprint density at radius 3 is 3.15 bits per heavy atom. The molecule has 1 rings (SSSR count). The number of nitrogens with one attached hydrogen (secondary N) is 1. The Morgan fingerprint density at radius 1 is 1.77 bits per heavy atom. The molecule has 1 aromatic rings. The first-order chi connectivity index (χ1) is 6.24. The SMILES string of the molecule is C#CCC(C)Nc1ccncc1Br. The third kappa shape index (κ3) is 3.08. The second-order valence-corrected chi connectivity index (χ2v) is 3.66. The van der Waals surface area contributed by atoms with Crippen molar-refractivity contribution in [3.8, 4) is 12.3 Å². The first kappa shape index (κ1) is 10.1. The van der Waals surface area contributed by atoms with Crippen molar-refractivity contribution in [2.75, 3.05) is 5.32 Å². The zero-order valence-corrected chi connectivity index (χ0v) is 9.01. The molecule has 0 radical (unpaired) electrons. The van der Waals surface area contributed by atoms with Crippen molar-refractivity contribution in [2.45, 2.75) is 19.4 Å². The molecule has 0 aliphatic heterocycles. The molecule has 1 N–H and O–H groups in total. The van der Waals surface area contributed by atoms with Crippen molar-refractivity contribution in [3.05, 3.63) is 22.9 Å². The maximum Gasteiger partial charge on any atom is 0.0590 e. The van der Waals surface area contributed by atoms with E-state index in [4.69, 9.17) is 6.42 Å². The molecule has 1 atom stereocenters. The molecule has 0 aromatic carbocycles. The zero-order chi connectivity index (χ0) is 9.68. The fraction of sp³-hybridized carbons (Fsp3) is 0.300. The van der Waals surface area contributed by atoms with Crippen LogP contribution in [0.4, 0.5) is 5.69 Å². The van der Waals surface area contributed by atoms with Crippen LogP contribution in [0.2, 0.25) is 0 Å². The van der Waals surface area contributed by atoms with Crippen molar-refractivity contribution < 1.29 is 0 Å². The van der Waals surface area contributed by atoms with E-state index < -0.39 is 0 Å². The van der Waals surface area contributed by atoms with Crippen LogP contribution in [0.25, 0.3) is 0 Å². The molecule has 13 heavy (non-hydrogen) atoms. The third-order valence-electron chi connectivity index (χ3n) is 1.60. The predicted molar refractivity (Wildman–Crippen MR) is 58.5 cm³/mol. The summed E-state index contributed by atoms with van der Waals surface area (Å²) in [6.45, 7) is 2.05. The van der Waals surface area contributed by atoms with Crippen molar-refractivity contribution >= 4 is 21.6 Å². The molecule has 1 unspecified atom stereocenters. The van der Waals surface area contributed by atoms with E-state index in [1.807, 2.05) is 13.0 Å². The molecule has 2 nitrogen and oxygen atoms in total. The minimum absolute atomic E-state index is 0.281. The molecule has 0 aliphatic carbocycles. The van der Waals surface area contributed by atoms with Crippen LogP contribution in [0.15, 0.2) is 22.9 Å². The van der Waals surface area contributed by atoms with E-state index in [0.29, 0.717) is 0 Å². The molecule has 1 aromatic heterocycles. The second kappa shape index (κ2) is 4.88. The first-order valence-electron chi connectivity index (χ1n) is 4.03. The number of aromatic nitrogens is 1. The van der Waals surface area contributed by atoms with Crippen LogP contribution in [-0.2, 0) is 0 Å². The van der Waals surface area contributed by atoms with E-state index in [2.05, 4.69) is 32.2 Å². The normalized spacial score (nSPS) is 11.8. The molecule has 1 heterocycles. The average molecular weight is 239 g/mol. The fourth-order valence-electron chi connectivity index (χ4n) is 0.986. The summed E-state index contributed by atoms with van der Waals surface area (Å²) in [5, 5.41) is 3.28. The molecular formula is C10H11BrN2. The predicted octanol–water partition coefficient (Wildman–Crippen LogP) is 2.67. The van der Waals surface area contributed by atoms with Gasteiger partial charge in [0.25, 0.3) is 0 Å². The van der Waals surface area contributed by atoms with Crippen LogP contribution < -0.4 is 5.32 Å². The monoisotopic (exact) mass is 238 g/mol. The number of halogens is 1. The van der Waals surface area contributed by atoms with Crippen LogP contribution in [0.3, 0.4) is 0 Å². The van der Waals surface area contributed by atoms with Crippen LogP contribution >= 0.6 is 15.9 Å². The molecule has 0 aliphatic rings. The summed E-state index contributed by atoms with van der Waals surface area (Å²) < 4.78 is 0.957. The Balaban J connectivity index is 2.64. The lowest BCUT2D eigenvalue weighted by Crippen LogP contribution is -2.14. The quantitative estimate of drug-likeness (QED) is 0.820. The highest BCUT2D eigenvalue weighted by Crippen LogP contribution is 2.20. The second-order valence-electron chi connectivity index (χ2n) is 2.81. The van der Waals surface area contributed by atoms with Gasteiger partial charge in [-0.05, 0) is 28.9 Å². The standard InChI is InChI=1S/C10H11BrN2/c1-3-4-8(2)13-10-5-6-12-7-9(10)11/h1,5-8H,4H2,2H3,(H,12,13). The van der Waals surface area contributed by atoms with Gasteiger partial charge in [-0.3, -0.25) is 4.98 Å². The van der Waals surface area contributed by atoms with E-state index in [1.54, 1.807) is 12.4 Å². The number of pyridine rings is 1. The summed E-state index contributed by atoms with van der Waals surface area (Å²) in [5.74, 6) is 2.61. The highest BCUT2D eigenvalue weighted by atomic mass is 79.9. The lowest BCUT2D eigenvalue weighted by molar-refractivity contribution is 0.827. The Labute approximate surface area is 86.9 Å². The van der Waals surface area contributed by atoms with Crippen molar-refractivity contribution in [1.82, 2.24) is 4.98 Å². The van der Waals surface area contributed by atoms with Crippen molar-refractivity contribution in [3.63, 3.8) is 0 Å². The number of hydrogen-bond donors (Lipinski definition) is 1. The van der Waals surface area contributed by atoms with Gasteiger partial charge < -0.3 is 5.32 Å². The summed E-state index contributed by atoms with van der Waals surface area (Å²) in [6.07, 6.45) is 9.42. The summed E-state index contributed by atoms with van der Waals surface area (Å²) in [5.41, 5.74) is 1.03. The molecule has 68 valence electrons. The highest BCUT2D eigenvalue weighted by Gasteiger charge is 2.02. The molecule has 0 fully saturated rings. The molecule has 0 saturated heterocycles. The molecule has 0 saturated carbocycles. The Morgan fingerprint density at radius 2 is 2.54 bits per heavy atom. The van der Waals surface area contributed by atoms with Crippen molar-refractivity contribution in [2.24, 2.45) is 0 Å². The van der Waals surface area contributed by atoms with E-state index in [0.717, 1.165) is 16.6 Å². The third-order valence-corrected chi connectivity index (χ3v) is 2.23. The van der Waals surface area contributed by atoms with E-state index in [1.165, 1.54) is 0 Å². The number of terminal acetylenes is 1. The summed E-state index contributed by atoms with van der Waals surface area (Å²) >= 11 is 3.40. The van der Waals surface area contributed by atoms with Crippen LogP contribution in [-0.4, -0.2) is 11.0 Å². The number of rotatable bonds is 3. The minimum Gasteiger partial charge on any atom is -0.381 e. The Bertz CT molecular complexity index is 317. The molecule has 0 bridgehead atoms. The lowest BCUT2D eigenvalue weighted by atomic mass is 10.2. The zero-order valence-electron chi connectivity index (χ0n) is 7.42. The Kier molecular flexibility index (Phi) is 3.78. The van der Waals surface area contributed by atoms with Gasteiger partial charge in [0, 0.05) is 24.9 Å². The van der Waals surface area contributed by atoms with E-state index >= 15 is 0 Å². The maximum absolute atomic E-state index is 5.21. The average Bonchev–Trinajstić information content (AvgIpc) is 2.09. The topological polar surface area (TPSA) is 24.9 Å². The smallest absolute Gasteiger partial charge is 0.0590 e. The highest BCUT2D eigenvalue weighted by molar-refractivity contribution is 9.10. The largest absolute Gasteiger partial charge is 0.381 e. The number of hydrogen-bond acceptors (Lipinski definition) is 2. The van der Waals surface area contributed by atoms with Gasteiger partial charge in [0.2, 0.25) is 0 Å². The van der Waals surface area contributed by atoms with Gasteiger partial charge in [-0.2, -0.15) is 0 Å². The molecular weight excluding hydrogens is 228 g/mol. The van der Waals surface area contributed by atoms with Gasteiger partial charge in [0.1, 0.15) is 0 Å². The summed E-state index contributed by atoms with van der Waals surface area (Å²) in [7, 11) is 0. The summed E-state index contributed by atoms with van der Waals surface area (Å²) in [6, 6.07) is 2.19. The van der Waals surface area contributed by atoms with Crippen LogP contribution in [0, 0.1) is 12.3 Å². The van der Waals surface area contributed by atoms with Crippen molar-refractivity contribution in [1.29, 1.82) is 0 Å². The molecule has 0 spiro atoms. The van der Waals surface area contributed by atoms with Gasteiger partial charge in [-0.15, -0.1) is 12.3 Å². The van der Waals surface area contributed by atoms with Gasteiger partial charge in [-0.1, -0.05) is 0 Å². The minimum atomic E-state index is 0.281. The summed E-state index contributed by atoms with van der Waals surface area (Å²) in [4.78, 5) is 3.97. The first-order valence-corrected chi connectivity index (χ1v) is 4.83. The van der Waals surface area contributed by atoms with E-state index in [-0.39, 0.29) is 6.04 Å². The lowest BCUT2D eigenvalue weighted by Gasteiger charge is -2.13. The van der Waals surface area contributed by atoms with Crippen LogP contribution in [0.1, 0.15) is 13.3 Å². The molecule has 3 heteroatoms. The van der Waals surface area contributed by atoms with Crippen LogP contribution in [0.5, 0.6) is 0 Å². The van der Waals surface area contributed by atoms with Gasteiger partial charge in [0.15, 0.2) is 0 Å². The number of anilines is 1. The van der Waals surface area contributed by atoms with Gasteiger partial charge in [-0.25, -0.2) is 0 Å². The maximum atomic E-state index is 5.21. The van der Waals surface area contributed by atoms with Gasteiger partial charge >= 0.3 is 0 Å². The van der Waals surface area contributed by atoms with E-state index in [9.17, 15) is 0 Å².